The number of unbranched alkanes of at least 4 members (excludes halogenated alkanes) is 2. The number of carbonyl (C=O) groups excluding carboxylic acids is 2. The smallest absolute Gasteiger partial charge is 0.263 e. The molecule has 35 heavy (non-hydrogen) atoms. The average Bonchev–Trinajstić information content (AvgIpc) is 3.24. The maximum Gasteiger partial charge on any atom is 0.263 e. The fourth-order valence-corrected chi connectivity index (χ4v) is 6.06. The van der Waals surface area contributed by atoms with Crippen LogP contribution in [0.25, 0.3) is 10.9 Å². The van der Waals surface area contributed by atoms with Gasteiger partial charge in [0.15, 0.2) is 0 Å². The normalized spacial score (nSPS) is 24.5. The highest BCUT2D eigenvalue weighted by atomic mass is 16.5. The van der Waals surface area contributed by atoms with E-state index >= 15 is 0 Å². The van der Waals surface area contributed by atoms with Crippen molar-refractivity contribution in [1.29, 1.82) is 0 Å². The van der Waals surface area contributed by atoms with Crippen molar-refractivity contribution in [2.45, 2.75) is 82.8 Å². The molecule has 0 radical (unpaired) electrons. The zero-order chi connectivity index (χ0) is 24.4. The van der Waals surface area contributed by atoms with E-state index in [-0.39, 0.29) is 41.8 Å². The minimum absolute atomic E-state index is 0.00783. The quantitative estimate of drug-likeness (QED) is 0.473. The molecule has 1 saturated heterocycles. The number of nitrogens with one attached hydrogen (secondary N) is 2. The molecule has 188 valence electrons. The predicted octanol–water partition coefficient (Wildman–Crippen LogP) is 2.70. The molecule has 5 rings (SSSR count). The topological polar surface area (TPSA) is 128 Å². The van der Waals surface area contributed by atoms with Gasteiger partial charge in [-0.3, -0.25) is 24.3 Å². The molecule has 1 aromatic carbocycles. The van der Waals surface area contributed by atoms with Crippen LogP contribution < -0.4 is 26.7 Å². The maximum absolute atomic E-state index is 12.7. The molecule has 4 unspecified atom stereocenters. The molecule has 4 atom stereocenters. The molecule has 3 aliphatic rings. The molecule has 0 spiro atoms. The van der Waals surface area contributed by atoms with Crippen LogP contribution in [0.15, 0.2) is 23.0 Å². The highest BCUT2D eigenvalue weighted by molar-refractivity contribution is 5.94. The maximum atomic E-state index is 12.7. The van der Waals surface area contributed by atoms with Crippen LogP contribution in [-0.4, -0.2) is 40.1 Å². The Kier molecular flexibility index (Phi) is 7.04. The van der Waals surface area contributed by atoms with Crippen LogP contribution in [0.4, 0.5) is 5.95 Å². The van der Waals surface area contributed by atoms with Crippen LogP contribution in [0, 0.1) is 11.8 Å². The third-order valence-corrected chi connectivity index (χ3v) is 7.94. The lowest BCUT2D eigenvalue weighted by Gasteiger charge is -2.42. The van der Waals surface area contributed by atoms with Gasteiger partial charge < -0.3 is 15.8 Å². The molecule has 2 aliphatic heterocycles. The second kappa shape index (κ2) is 10.4. The van der Waals surface area contributed by atoms with E-state index in [4.69, 9.17) is 10.5 Å². The summed E-state index contributed by atoms with van der Waals surface area (Å²) in [4.78, 5) is 40.8. The molecule has 1 saturated carbocycles. The molecule has 0 bridgehead atoms. The Morgan fingerprint density at radius 1 is 1.14 bits per heavy atom. The highest BCUT2D eigenvalue weighted by Crippen LogP contribution is 2.34. The number of benzene rings is 1. The van der Waals surface area contributed by atoms with Gasteiger partial charge in [-0.15, -0.1) is 0 Å². The molecule has 9 heteroatoms. The Morgan fingerprint density at radius 3 is 2.86 bits per heavy atom. The summed E-state index contributed by atoms with van der Waals surface area (Å²) >= 11 is 0. The summed E-state index contributed by atoms with van der Waals surface area (Å²) < 4.78 is 7.22. The molecule has 3 heterocycles. The number of rotatable bonds is 9. The Hall–Kier alpha value is -2.94. The van der Waals surface area contributed by atoms with Crippen LogP contribution in [0.3, 0.4) is 0 Å². The van der Waals surface area contributed by atoms with Crippen molar-refractivity contribution in [1.82, 2.24) is 14.9 Å². The van der Waals surface area contributed by atoms with E-state index in [1.807, 2.05) is 0 Å². The summed E-state index contributed by atoms with van der Waals surface area (Å²) in [5.41, 5.74) is 6.08. The standard InChI is InChI=1S/C26H35N5O4/c27-24(33)18(21-11-9-16-6-3-4-8-20(16)28-21)7-2-1-5-13-35-17-10-12-22-19(14-17)25(34)31-15-23(32)30-26(31)29-22/h10,12,14,16,18,20-21,28H,1-9,11,13,15H2,(H2,27,33)(H,29,30,32). The third kappa shape index (κ3) is 5.19. The van der Waals surface area contributed by atoms with E-state index in [0.717, 1.165) is 38.0 Å². The second-order valence-corrected chi connectivity index (χ2v) is 10.3. The van der Waals surface area contributed by atoms with E-state index in [1.54, 1.807) is 18.2 Å². The first-order valence-corrected chi connectivity index (χ1v) is 13.0. The molecular formula is C26H35N5O4. The van der Waals surface area contributed by atoms with Gasteiger partial charge in [0.2, 0.25) is 17.8 Å². The lowest BCUT2D eigenvalue weighted by Crippen LogP contribution is -2.54. The van der Waals surface area contributed by atoms with Gasteiger partial charge in [-0.05, 0) is 62.6 Å². The number of anilines is 1. The molecule has 2 fully saturated rings. The number of carbonyl (C=O) groups is 2. The number of ether oxygens (including phenoxy) is 1. The SMILES string of the molecule is NC(=O)C(CCCCCOc1ccc2nc3n(c(=O)c2c1)CC(=O)N3)C1CCC2CCCCC2N1. The van der Waals surface area contributed by atoms with Gasteiger partial charge in [-0.2, -0.15) is 0 Å². The minimum atomic E-state index is -0.248. The van der Waals surface area contributed by atoms with Gasteiger partial charge in [0.25, 0.3) is 5.56 Å². The van der Waals surface area contributed by atoms with Crippen molar-refractivity contribution in [3.8, 4) is 5.75 Å². The number of primary amides is 1. The summed E-state index contributed by atoms with van der Waals surface area (Å²) in [5, 5.41) is 6.80. The molecule has 2 aromatic rings. The van der Waals surface area contributed by atoms with Crippen LogP contribution in [0.5, 0.6) is 5.75 Å². The largest absolute Gasteiger partial charge is 0.494 e. The summed E-state index contributed by atoms with van der Waals surface area (Å²) in [6.45, 7) is 0.518. The Labute approximate surface area is 204 Å². The van der Waals surface area contributed by atoms with Crippen LogP contribution in [0.2, 0.25) is 0 Å². The highest BCUT2D eigenvalue weighted by Gasteiger charge is 2.36. The monoisotopic (exact) mass is 481 g/mol. The van der Waals surface area contributed by atoms with Gasteiger partial charge >= 0.3 is 0 Å². The zero-order valence-corrected chi connectivity index (χ0v) is 20.1. The Balaban J connectivity index is 1.09. The van der Waals surface area contributed by atoms with Gasteiger partial charge in [0.05, 0.1) is 23.4 Å². The predicted molar refractivity (Wildman–Crippen MR) is 133 cm³/mol. The molecule has 1 aromatic heterocycles. The van der Waals surface area contributed by atoms with Crippen molar-refractivity contribution in [2.24, 2.45) is 17.6 Å². The number of nitrogens with zero attached hydrogens (tertiary/aromatic N) is 2. The number of amides is 2. The second-order valence-electron chi connectivity index (χ2n) is 10.3. The third-order valence-electron chi connectivity index (χ3n) is 7.94. The summed E-state index contributed by atoms with van der Waals surface area (Å²) in [5.74, 6) is 1.13. The number of hydrogen-bond donors (Lipinski definition) is 3. The molecule has 1 aliphatic carbocycles. The van der Waals surface area contributed by atoms with E-state index in [1.165, 1.54) is 36.7 Å². The first-order valence-electron chi connectivity index (χ1n) is 13.0. The minimum Gasteiger partial charge on any atom is -0.494 e. The first-order chi connectivity index (χ1) is 17.0. The fourth-order valence-electron chi connectivity index (χ4n) is 6.06. The number of aromatic nitrogens is 2. The summed E-state index contributed by atoms with van der Waals surface area (Å²) in [6, 6.07) is 5.99. The van der Waals surface area contributed by atoms with Crippen LogP contribution in [-0.2, 0) is 16.1 Å². The number of piperidine rings is 1. The van der Waals surface area contributed by atoms with Crippen molar-refractivity contribution >= 4 is 28.7 Å². The fraction of sp³-hybridized carbons (Fsp3) is 0.615. The summed E-state index contributed by atoms with van der Waals surface area (Å²) in [6.07, 6.45) is 10.9. The Morgan fingerprint density at radius 2 is 2.00 bits per heavy atom. The van der Waals surface area contributed by atoms with E-state index in [2.05, 4.69) is 15.6 Å². The van der Waals surface area contributed by atoms with Crippen molar-refractivity contribution in [3.63, 3.8) is 0 Å². The first kappa shape index (κ1) is 23.8. The molecule has 2 amide bonds. The van der Waals surface area contributed by atoms with Crippen molar-refractivity contribution in [2.75, 3.05) is 11.9 Å². The average molecular weight is 482 g/mol. The lowest BCUT2D eigenvalue weighted by atomic mass is 9.75. The number of hydrogen-bond acceptors (Lipinski definition) is 6. The number of nitrogens with two attached hydrogens (primary N) is 1. The molecule has 9 nitrogen and oxygen atoms in total. The molecule has 4 N–H and O–H groups in total. The lowest BCUT2D eigenvalue weighted by molar-refractivity contribution is -0.123. The Bertz CT molecular complexity index is 1160. The van der Waals surface area contributed by atoms with E-state index < -0.39 is 0 Å². The summed E-state index contributed by atoms with van der Waals surface area (Å²) in [7, 11) is 0. The van der Waals surface area contributed by atoms with Gasteiger partial charge in [-0.25, -0.2) is 4.98 Å². The van der Waals surface area contributed by atoms with Crippen molar-refractivity contribution in [3.05, 3.63) is 28.6 Å². The molecular weight excluding hydrogens is 446 g/mol. The number of fused-ring (bicyclic) bond motifs is 3. The van der Waals surface area contributed by atoms with Crippen molar-refractivity contribution < 1.29 is 14.3 Å². The van der Waals surface area contributed by atoms with E-state index in [9.17, 15) is 14.4 Å². The van der Waals surface area contributed by atoms with Gasteiger partial charge in [0, 0.05) is 12.1 Å². The van der Waals surface area contributed by atoms with Crippen LogP contribution >= 0.6 is 0 Å². The van der Waals surface area contributed by atoms with Crippen LogP contribution in [0.1, 0.15) is 64.2 Å². The van der Waals surface area contributed by atoms with Gasteiger partial charge in [-0.1, -0.05) is 25.7 Å². The van der Waals surface area contributed by atoms with Gasteiger partial charge in [0.1, 0.15) is 12.3 Å². The zero-order valence-electron chi connectivity index (χ0n) is 20.1. The van der Waals surface area contributed by atoms with E-state index in [0.29, 0.717) is 29.3 Å².